The molecule has 0 spiro atoms. The lowest BCUT2D eigenvalue weighted by Crippen LogP contribution is -2.54. The van der Waals surface area contributed by atoms with E-state index in [1.54, 1.807) is 11.1 Å². The summed E-state index contributed by atoms with van der Waals surface area (Å²) in [6.07, 6.45) is 9.70. The molecule has 4 rings (SSSR count). The molecule has 2 saturated carbocycles. The summed E-state index contributed by atoms with van der Waals surface area (Å²) < 4.78 is 0. The number of hydrogen-bond acceptors (Lipinski definition) is 2. The van der Waals surface area contributed by atoms with Gasteiger partial charge in [0.15, 0.2) is 0 Å². The summed E-state index contributed by atoms with van der Waals surface area (Å²) in [5, 5.41) is 10.9. The van der Waals surface area contributed by atoms with Crippen LogP contribution < -0.4 is 5.73 Å². The lowest BCUT2D eigenvalue weighted by molar-refractivity contribution is -0.0982. The van der Waals surface area contributed by atoms with Gasteiger partial charge in [-0.05, 0) is 74.5 Å². The monoisotopic (exact) mass is 289 g/mol. The summed E-state index contributed by atoms with van der Waals surface area (Å²) in [7, 11) is 0. The largest absolute Gasteiger partial charge is 0.392 e. The molecule has 0 aliphatic heterocycles. The molecule has 2 fully saturated rings. The van der Waals surface area contributed by atoms with Crippen LogP contribution in [0.2, 0.25) is 0 Å². The molecule has 0 aromatic carbocycles. The summed E-state index contributed by atoms with van der Waals surface area (Å²) in [6.45, 7) is 4.92. The second-order valence-corrected chi connectivity index (χ2v) is 8.70. The van der Waals surface area contributed by atoms with Crippen LogP contribution >= 0.6 is 0 Å². The molecule has 0 heterocycles. The van der Waals surface area contributed by atoms with Crippen molar-refractivity contribution in [2.24, 2.45) is 34.8 Å². The molecule has 0 aromatic rings. The highest BCUT2D eigenvalue weighted by molar-refractivity contribution is 5.31. The Morgan fingerprint density at radius 3 is 2.67 bits per heavy atom. The van der Waals surface area contributed by atoms with Crippen LogP contribution in [0.1, 0.15) is 65.2 Å². The quantitative estimate of drug-likeness (QED) is 0.669. The van der Waals surface area contributed by atoms with E-state index in [0.29, 0.717) is 29.2 Å². The molecule has 5 unspecified atom stereocenters. The first-order valence-electron chi connectivity index (χ1n) is 9.16. The van der Waals surface area contributed by atoms with E-state index in [-0.39, 0.29) is 6.10 Å². The van der Waals surface area contributed by atoms with Gasteiger partial charge in [-0.25, -0.2) is 0 Å². The lowest BCUT2D eigenvalue weighted by Gasteiger charge is -2.58. The highest BCUT2D eigenvalue weighted by Crippen LogP contribution is 2.61. The molecule has 2 heteroatoms. The standard InChI is InChI=1S/C19H31NO/c1-11-3-4-15-14(11)5-6-16-18(15)17(21)10-12-9-13(20)7-8-19(12,16)2/h11-13,16-18,21H,3-10,20H2,1-2H3/t11-,12?,13?,16?,17?,18?,19-/m0/s1. The minimum atomic E-state index is -0.103. The van der Waals surface area contributed by atoms with Gasteiger partial charge in [-0.2, -0.15) is 0 Å². The Balaban J connectivity index is 1.70. The van der Waals surface area contributed by atoms with Gasteiger partial charge in [-0.1, -0.05) is 25.0 Å². The van der Waals surface area contributed by atoms with E-state index in [4.69, 9.17) is 5.73 Å². The van der Waals surface area contributed by atoms with Crippen LogP contribution in [0.3, 0.4) is 0 Å². The van der Waals surface area contributed by atoms with Crippen molar-refractivity contribution in [3.8, 4) is 0 Å². The van der Waals surface area contributed by atoms with Crippen molar-refractivity contribution in [2.75, 3.05) is 0 Å². The van der Waals surface area contributed by atoms with Crippen molar-refractivity contribution >= 4 is 0 Å². The second kappa shape index (κ2) is 4.83. The Morgan fingerprint density at radius 2 is 1.86 bits per heavy atom. The zero-order valence-corrected chi connectivity index (χ0v) is 13.6. The maximum absolute atomic E-state index is 10.9. The highest BCUT2D eigenvalue weighted by Gasteiger charge is 2.55. The van der Waals surface area contributed by atoms with E-state index in [1.165, 1.54) is 38.5 Å². The van der Waals surface area contributed by atoms with Crippen LogP contribution in [0.15, 0.2) is 11.1 Å². The molecule has 0 radical (unpaired) electrons. The van der Waals surface area contributed by atoms with Gasteiger partial charge < -0.3 is 10.8 Å². The maximum Gasteiger partial charge on any atom is 0.0611 e. The van der Waals surface area contributed by atoms with Crippen LogP contribution in [0, 0.1) is 29.1 Å². The summed E-state index contributed by atoms with van der Waals surface area (Å²) in [5.41, 5.74) is 10.1. The molecule has 3 N–H and O–H groups in total. The van der Waals surface area contributed by atoms with Crippen LogP contribution in [0.5, 0.6) is 0 Å². The smallest absolute Gasteiger partial charge is 0.0611 e. The molecule has 7 atom stereocenters. The van der Waals surface area contributed by atoms with Crippen molar-refractivity contribution in [1.82, 2.24) is 0 Å². The molecule has 0 amide bonds. The molecule has 118 valence electrons. The van der Waals surface area contributed by atoms with Crippen molar-refractivity contribution in [3.05, 3.63) is 11.1 Å². The van der Waals surface area contributed by atoms with Gasteiger partial charge in [0, 0.05) is 12.0 Å². The van der Waals surface area contributed by atoms with Crippen LogP contribution in [0.25, 0.3) is 0 Å². The number of aliphatic hydroxyl groups is 1. The van der Waals surface area contributed by atoms with E-state index in [0.717, 1.165) is 18.8 Å². The number of aliphatic hydroxyl groups excluding tert-OH is 1. The summed E-state index contributed by atoms with van der Waals surface area (Å²) >= 11 is 0. The first kappa shape index (κ1) is 14.3. The Hall–Kier alpha value is -0.340. The number of hydrogen-bond donors (Lipinski definition) is 2. The third kappa shape index (κ3) is 1.98. The predicted molar refractivity (Wildman–Crippen MR) is 85.7 cm³/mol. The van der Waals surface area contributed by atoms with Crippen molar-refractivity contribution in [3.63, 3.8) is 0 Å². The molecular weight excluding hydrogens is 258 g/mol. The highest BCUT2D eigenvalue weighted by atomic mass is 16.3. The summed E-state index contributed by atoms with van der Waals surface area (Å²) in [6, 6.07) is 0.372. The third-order valence-electron chi connectivity index (χ3n) is 7.78. The fourth-order valence-electron chi connectivity index (χ4n) is 6.53. The van der Waals surface area contributed by atoms with E-state index in [1.807, 2.05) is 0 Å². The topological polar surface area (TPSA) is 46.2 Å². The summed E-state index contributed by atoms with van der Waals surface area (Å²) in [4.78, 5) is 0. The zero-order valence-electron chi connectivity index (χ0n) is 13.6. The van der Waals surface area contributed by atoms with Gasteiger partial charge in [-0.15, -0.1) is 0 Å². The minimum absolute atomic E-state index is 0.103. The van der Waals surface area contributed by atoms with Gasteiger partial charge in [0.25, 0.3) is 0 Å². The molecule has 0 aromatic heterocycles. The average molecular weight is 289 g/mol. The first-order valence-corrected chi connectivity index (χ1v) is 9.16. The predicted octanol–water partition coefficient (Wildman–Crippen LogP) is 3.64. The number of nitrogens with two attached hydrogens (primary N) is 1. The van der Waals surface area contributed by atoms with Crippen LogP contribution in [0.4, 0.5) is 0 Å². The fraction of sp³-hybridized carbons (Fsp3) is 0.895. The molecule has 21 heavy (non-hydrogen) atoms. The van der Waals surface area contributed by atoms with Gasteiger partial charge in [0.2, 0.25) is 0 Å². The molecule has 0 saturated heterocycles. The summed E-state index contributed by atoms with van der Waals surface area (Å²) in [5.74, 6) is 2.62. The fourth-order valence-corrected chi connectivity index (χ4v) is 6.53. The minimum Gasteiger partial charge on any atom is -0.392 e. The molecule has 4 aliphatic rings. The average Bonchev–Trinajstić information content (AvgIpc) is 2.83. The van der Waals surface area contributed by atoms with Crippen molar-refractivity contribution in [2.45, 2.75) is 77.4 Å². The van der Waals surface area contributed by atoms with Gasteiger partial charge >= 0.3 is 0 Å². The molecule has 4 aliphatic carbocycles. The Morgan fingerprint density at radius 1 is 1.10 bits per heavy atom. The van der Waals surface area contributed by atoms with E-state index >= 15 is 0 Å². The molecule has 2 nitrogen and oxygen atoms in total. The first-order chi connectivity index (χ1) is 10.0. The molecule has 0 bridgehead atoms. The van der Waals surface area contributed by atoms with E-state index < -0.39 is 0 Å². The maximum atomic E-state index is 10.9. The lowest BCUT2D eigenvalue weighted by atomic mass is 9.48. The number of fused-ring (bicyclic) bond motifs is 4. The number of rotatable bonds is 0. The Labute approximate surface area is 129 Å². The van der Waals surface area contributed by atoms with Crippen molar-refractivity contribution < 1.29 is 5.11 Å². The van der Waals surface area contributed by atoms with Gasteiger partial charge in [-0.3, -0.25) is 0 Å². The van der Waals surface area contributed by atoms with Gasteiger partial charge in [0.1, 0.15) is 0 Å². The van der Waals surface area contributed by atoms with Crippen molar-refractivity contribution in [1.29, 1.82) is 0 Å². The van der Waals surface area contributed by atoms with E-state index in [9.17, 15) is 5.11 Å². The Kier molecular flexibility index (Phi) is 3.28. The SMILES string of the molecule is C[C@H]1CCC2=C1CCC1C2C(O)CC2CC(N)CC[C@@]21C. The Bertz CT molecular complexity index is 470. The second-order valence-electron chi connectivity index (χ2n) is 8.70. The van der Waals surface area contributed by atoms with Crippen LogP contribution in [-0.4, -0.2) is 17.3 Å². The number of allylic oxidation sites excluding steroid dienone is 1. The third-order valence-corrected chi connectivity index (χ3v) is 7.78. The van der Waals surface area contributed by atoms with Gasteiger partial charge in [0.05, 0.1) is 6.10 Å². The normalized spacial score (nSPS) is 53.1. The zero-order chi connectivity index (χ0) is 14.8. The van der Waals surface area contributed by atoms with Crippen LogP contribution in [-0.2, 0) is 0 Å². The van der Waals surface area contributed by atoms with E-state index in [2.05, 4.69) is 13.8 Å². The molecular formula is C19H31NO.